The average Bonchev–Trinajstić information content (AvgIpc) is 2.22. The van der Waals surface area contributed by atoms with Crippen LogP contribution in [0.5, 0.6) is 0 Å². The molecule has 7 nitrogen and oxygen atoms in total. The summed E-state index contributed by atoms with van der Waals surface area (Å²) in [5.41, 5.74) is 2.68. The molecule has 0 spiro atoms. The zero-order chi connectivity index (χ0) is 13.4. The first-order chi connectivity index (χ1) is 7.83. The monoisotopic (exact) mass is 253 g/mol. The van der Waals surface area contributed by atoms with Gasteiger partial charge < -0.3 is 0 Å². The second-order valence-electron chi connectivity index (χ2n) is 4.26. The Morgan fingerprint density at radius 3 is 2.06 bits per heavy atom. The van der Waals surface area contributed by atoms with Gasteiger partial charge in [0.2, 0.25) is 0 Å². The number of rotatable bonds is 10. The van der Waals surface area contributed by atoms with E-state index in [0.717, 1.165) is 6.42 Å². The first kappa shape index (κ1) is 16.7. The summed E-state index contributed by atoms with van der Waals surface area (Å²) < 4.78 is 0. The van der Waals surface area contributed by atoms with E-state index in [0.29, 0.717) is 13.2 Å². The maximum Gasteiger partial charge on any atom is 0.188 e. The Morgan fingerprint density at radius 1 is 0.882 bits per heavy atom. The molecule has 0 aromatic rings. The topological polar surface area (TPSA) is 49.0 Å². The predicted octanol–water partition coefficient (Wildman–Crippen LogP) is 0.758. The molecule has 0 rings (SSSR count). The molecule has 1 N–H and O–H groups in total. The van der Waals surface area contributed by atoms with E-state index in [1.165, 1.54) is 0 Å². The second kappa shape index (κ2) is 7.93. The Labute approximate surface area is 104 Å². The van der Waals surface area contributed by atoms with Gasteiger partial charge >= 0.3 is 0 Å². The molecular formula is C10H27N3O4+2. The highest BCUT2D eigenvalue weighted by atomic mass is 17.1. The lowest BCUT2D eigenvalue weighted by atomic mass is 10.5. The normalized spacial score (nSPS) is 13.1. The van der Waals surface area contributed by atoms with Gasteiger partial charge in [0.05, 0.1) is 0 Å². The van der Waals surface area contributed by atoms with E-state index in [1.807, 2.05) is 13.8 Å². The zero-order valence-corrected chi connectivity index (χ0v) is 11.9. The molecule has 17 heavy (non-hydrogen) atoms. The number of quaternary nitrogens is 2. The first-order valence-electron chi connectivity index (χ1n) is 5.86. The van der Waals surface area contributed by atoms with Crippen molar-refractivity contribution in [3.63, 3.8) is 0 Å². The van der Waals surface area contributed by atoms with Crippen LogP contribution in [0.1, 0.15) is 20.3 Å². The molecule has 0 atom stereocenters. The Kier molecular flexibility index (Phi) is 7.80. The standard InChI is InChI=1S/C10H27N3O4/c1-7-9-15-13(5,6)17-11-10-16-12(3,4)14-8-2/h11H,7-10H2,1-6H3/q+2. The maximum atomic E-state index is 5.42. The Hall–Kier alpha value is -0.280. The van der Waals surface area contributed by atoms with Gasteiger partial charge in [0.25, 0.3) is 0 Å². The van der Waals surface area contributed by atoms with Gasteiger partial charge in [0.1, 0.15) is 41.4 Å². The fourth-order valence-electron chi connectivity index (χ4n) is 1.05. The van der Waals surface area contributed by atoms with Crippen molar-refractivity contribution in [2.45, 2.75) is 20.3 Å². The van der Waals surface area contributed by atoms with Crippen LogP contribution in [0.4, 0.5) is 0 Å². The van der Waals surface area contributed by atoms with E-state index in [1.54, 1.807) is 28.2 Å². The Morgan fingerprint density at radius 2 is 1.53 bits per heavy atom. The average molecular weight is 253 g/mol. The van der Waals surface area contributed by atoms with Crippen LogP contribution in [0.2, 0.25) is 0 Å². The molecule has 0 saturated carbocycles. The molecule has 0 unspecified atom stereocenters. The van der Waals surface area contributed by atoms with E-state index in [9.17, 15) is 0 Å². The third-order valence-corrected chi connectivity index (χ3v) is 1.77. The van der Waals surface area contributed by atoms with E-state index >= 15 is 0 Å². The highest BCUT2D eigenvalue weighted by Gasteiger charge is 2.21. The molecule has 0 aliphatic rings. The van der Waals surface area contributed by atoms with Gasteiger partial charge in [-0.3, -0.25) is 0 Å². The summed E-state index contributed by atoms with van der Waals surface area (Å²) in [4.78, 5) is 21.4. The smallest absolute Gasteiger partial charge is 0.169 e. The Balaban J connectivity index is 3.69. The molecule has 104 valence electrons. The molecule has 0 aliphatic heterocycles. The molecule has 0 aromatic carbocycles. The summed E-state index contributed by atoms with van der Waals surface area (Å²) in [6, 6.07) is 0. The molecule has 0 heterocycles. The van der Waals surface area contributed by atoms with Crippen molar-refractivity contribution >= 4 is 0 Å². The predicted molar refractivity (Wildman–Crippen MR) is 62.3 cm³/mol. The highest BCUT2D eigenvalue weighted by Crippen LogP contribution is 2.01. The van der Waals surface area contributed by atoms with E-state index in [-0.39, 0.29) is 16.4 Å². The van der Waals surface area contributed by atoms with Crippen molar-refractivity contribution in [1.82, 2.24) is 5.48 Å². The van der Waals surface area contributed by atoms with Gasteiger partial charge in [-0.1, -0.05) is 11.9 Å². The number of hydrogen-bond acceptors (Lipinski definition) is 5. The van der Waals surface area contributed by atoms with Gasteiger partial charge in [-0.25, -0.2) is 0 Å². The Bertz CT molecular complexity index is 200. The van der Waals surface area contributed by atoms with Crippen molar-refractivity contribution in [3.8, 4) is 0 Å². The van der Waals surface area contributed by atoms with Crippen LogP contribution in [-0.4, -0.2) is 57.8 Å². The molecule has 0 radical (unpaired) electrons. The van der Waals surface area contributed by atoms with Crippen LogP contribution < -0.4 is 5.48 Å². The van der Waals surface area contributed by atoms with Crippen LogP contribution in [0.3, 0.4) is 0 Å². The number of hydroxylamine groups is 9. The fraction of sp³-hybridized carbons (Fsp3) is 1.00. The van der Waals surface area contributed by atoms with Crippen molar-refractivity contribution in [2.24, 2.45) is 0 Å². The minimum Gasteiger partial charge on any atom is -0.169 e. The molecule has 0 aromatic heterocycles. The number of nitrogens with zero attached hydrogens (tertiary/aromatic N) is 2. The van der Waals surface area contributed by atoms with Gasteiger partial charge in [0.15, 0.2) is 6.73 Å². The summed E-state index contributed by atoms with van der Waals surface area (Å²) in [5, 5.41) is 0. The largest absolute Gasteiger partial charge is 0.188 e. The summed E-state index contributed by atoms with van der Waals surface area (Å²) in [7, 11) is 7.15. The zero-order valence-electron chi connectivity index (χ0n) is 11.9. The maximum absolute atomic E-state index is 5.42. The molecule has 0 amide bonds. The molecule has 0 fully saturated rings. The first-order valence-corrected chi connectivity index (χ1v) is 5.86. The van der Waals surface area contributed by atoms with Crippen molar-refractivity contribution in [1.29, 1.82) is 0 Å². The second-order valence-corrected chi connectivity index (χ2v) is 4.26. The van der Waals surface area contributed by atoms with Crippen molar-refractivity contribution in [2.75, 3.05) is 48.1 Å². The lowest BCUT2D eigenvalue weighted by molar-refractivity contribution is -1.24. The van der Waals surface area contributed by atoms with Crippen LogP contribution in [-0.2, 0) is 19.5 Å². The van der Waals surface area contributed by atoms with Crippen LogP contribution in [0, 0.1) is 0 Å². The third-order valence-electron chi connectivity index (χ3n) is 1.77. The molecule has 7 heteroatoms. The quantitative estimate of drug-likeness (QED) is 0.269. The molecular weight excluding hydrogens is 226 g/mol. The summed E-state index contributed by atoms with van der Waals surface area (Å²) >= 11 is 0. The van der Waals surface area contributed by atoms with Gasteiger partial charge in [-0.2, -0.15) is 14.5 Å². The third kappa shape index (κ3) is 9.42. The number of nitrogens with one attached hydrogen (secondary N) is 1. The molecule has 0 bridgehead atoms. The molecule has 0 aliphatic carbocycles. The van der Waals surface area contributed by atoms with Crippen molar-refractivity contribution in [3.05, 3.63) is 0 Å². The molecule has 0 saturated heterocycles. The van der Waals surface area contributed by atoms with Crippen LogP contribution in [0.15, 0.2) is 0 Å². The van der Waals surface area contributed by atoms with Gasteiger partial charge in [0, 0.05) is 0 Å². The van der Waals surface area contributed by atoms with E-state index < -0.39 is 0 Å². The highest BCUT2D eigenvalue weighted by molar-refractivity contribution is 4.14. The van der Waals surface area contributed by atoms with E-state index in [4.69, 9.17) is 19.5 Å². The summed E-state index contributed by atoms with van der Waals surface area (Å²) in [6.07, 6.45) is 0.940. The summed E-state index contributed by atoms with van der Waals surface area (Å²) in [5.74, 6) is 0. The minimum absolute atomic E-state index is 0.0100. The van der Waals surface area contributed by atoms with Gasteiger partial charge in [-0.05, 0) is 23.0 Å². The van der Waals surface area contributed by atoms with Crippen molar-refractivity contribution < 1.29 is 29.1 Å². The van der Waals surface area contributed by atoms with Crippen LogP contribution in [0.25, 0.3) is 0 Å². The SMILES string of the molecule is CCCO[N+](C)(C)ONCO[N+](C)(C)OCC. The minimum atomic E-state index is -0.0285. The number of hydrogen-bond donors (Lipinski definition) is 1. The summed E-state index contributed by atoms with van der Waals surface area (Å²) in [6.45, 7) is 5.36. The van der Waals surface area contributed by atoms with Gasteiger partial charge in [-0.15, -0.1) is 5.48 Å². The van der Waals surface area contributed by atoms with Crippen LogP contribution >= 0.6 is 0 Å². The fourth-order valence-corrected chi connectivity index (χ4v) is 1.05. The lowest BCUT2D eigenvalue weighted by Crippen LogP contribution is -2.47. The van der Waals surface area contributed by atoms with E-state index in [2.05, 4.69) is 5.48 Å². The lowest BCUT2D eigenvalue weighted by Gasteiger charge is -2.25.